The van der Waals surface area contributed by atoms with Crippen molar-refractivity contribution in [2.45, 2.75) is 162 Å². The number of alkyl carbamates (subject to hydrolysis) is 2. The highest BCUT2D eigenvalue weighted by Crippen LogP contribution is 2.30. The molecule has 2 aromatic heterocycles. The summed E-state index contributed by atoms with van der Waals surface area (Å²) in [7, 11) is 0. The molecule has 4 aliphatic carbocycles. The summed E-state index contributed by atoms with van der Waals surface area (Å²) in [6.07, 6.45) is 14.1. The van der Waals surface area contributed by atoms with Crippen LogP contribution in [0.4, 0.5) is 38.5 Å². The number of carbonyl (C=O) groups is 5. The minimum absolute atomic E-state index is 0.0417. The minimum atomic E-state index is -0.612. The second-order valence-corrected chi connectivity index (χ2v) is 24.2. The van der Waals surface area contributed by atoms with E-state index in [0.29, 0.717) is 48.6 Å². The number of carboxylic acid groups (broad SMARTS) is 1. The van der Waals surface area contributed by atoms with Crippen LogP contribution in [0.2, 0.25) is 0 Å². The molecule has 4 amide bonds. The minimum Gasteiger partial charge on any atom is -0.481 e. The van der Waals surface area contributed by atoms with Gasteiger partial charge in [0.15, 0.2) is 0 Å². The Morgan fingerprint density at radius 1 is 0.516 bits per heavy atom. The van der Waals surface area contributed by atoms with Crippen LogP contribution in [0.5, 0.6) is 0 Å². The van der Waals surface area contributed by atoms with Gasteiger partial charge in [-0.2, -0.15) is 4.98 Å². The van der Waals surface area contributed by atoms with Gasteiger partial charge in [-0.1, -0.05) is 129 Å². The largest absolute Gasteiger partial charge is 0.481 e. The first kappa shape index (κ1) is 72.6. The third-order valence-corrected chi connectivity index (χ3v) is 15.9. The average Bonchev–Trinajstić information content (AvgIpc) is 1.93. The molecule has 0 radical (unpaired) electrons. The van der Waals surface area contributed by atoms with Crippen molar-refractivity contribution in [3.05, 3.63) is 197 Å². The number of nitrogens with one attached hydrogen (secondary N) is 5. The van der Waals surface area contributed by atoms with Gasteiger partial charge in [0.2, 0.25) is 5.95 Å². The first-order valence-corrected chi connectivity index (χ1v) is 31.8. The van der Waals surface area contributed by atoms with Crippen molar-refractivity contribution in [1.82, 2.24) is 30.6 Å². The topological polar surface area (TPSA) is 360 Å². The molecular weight excluding hydrogens is 1180 g/mol. The maximum absolute atomic E-state index is 11.6. The fourth-order valence-electron chi connectivity index (χ4n) is 10.9. The van der Waals surface area contributed by atoms with Gasteiger partial charge >= 0.3 is 18.2 Å². The summed E-state index contributed by atoms with van der Waals surface area (Å²) in [5, 5.41) is 32.3. The fraction of sp³-hybridized carbons (Fsp3) is 0.394. The molecule has 0 saturated heterocycles. The summed E-state index contributed by atoms with van der Waals surface area (Å²) in [6, 6.07) is 45.6. The zero-order valence-corrected chi connectivity index (χ0v) is 54.0. The summed E-state index contributed by atoms with van der Waals surface area (Å²) in [5.41, 5.74) is 29.9. The lowest BCUT2D eigenvalue weighted by molar-refractivity contribution is -0.141. The van der Waals surface area contributed by atoms with Crippen LogP contribution in [0.15, 0.2) is 152 Å². The fourth-order valence-corrected chi connectivity index (χ4v) is 10.9. The number of aliphatic hydroxyl groups is 1. The highest BCUT2D eigenvalue weighted by molar-refractivity contribution is 5.98. The number of carboxylic acids is 1. The molecule has 4 fully saturated rings. The van der Waals surface area contributed by atoms with E-state index in [-0.39, 0.29) is 60.0 Å². The number of aliphatic hydroxyl groups excluding tert-OH is 1. The quantitative estimate of drug-likeness (QED) is 0.0428. The number of hydrogen-bond acceptors (Lipinski definition) is 17. The maximum Gasteiger partial charge on any atom is 0.407 e. The number of nitrogens with zero attached hydrogens (tertiary/aromatic N) is 4. The zero-order chi connectivity index (χ0) is 67.1. The van der Waals surface area contributed by atoms with Crippen LogP contribution in [-0.2, 0) is 34.1 Å². The van der Waals surface area contributed by atoms with Gasteiger partial charge in [-0.15, -0.1) is 0 Å². The van der Waals surface area contributed by atoms with Crippen LogP contribution in [-0.4, -0.2) is 90.3 Å². The molecule has 5 aromatic carbocycles. The molecule has 0 aliphatic heterocycles. The van der Waals surface area contributed by atoms with Crippen molar-refractivity contribution in [3.63, 3.8) is 0 Å². The molecule has 4 aliphatic rings. The van der Waals surface area contributed by atoms with E-state index in [1.807, 2.05) is 153 Å². The van der Waals surface area contributed by atoms with Crippen molar-refractivity contribution in [1.29, 1.82) is 0 Å². The van der Waals surface area contributed by atoms with Crippen LogP contribution in [0.3, 0.4) is 0 Å². The Hall–Kier alpha value is -9.51. The van der Waals surface area contributed by atoms with E-state index in [2.05, 4.69) is 60.4 Å². The molecule has 93 heavy (non-hydrogen) atoms. The van der Waals surface area contributed by atoms with Crippen LogP contribution in [0.25, 0.3) is 0 Å². The Balaban J connectivity index is 0.000000183. The number of aryl methyl sites for hydroxylation is 3. The van der Waals surface area contributed by atoms with E-state index >= 15 is 0 Å². The summed E-state index contributed by atoms with van der Waals surface area (Å²) in [5.74, 6) is 1.45. The van der Waals surface area contributed by atoms with Crippen LogP contribution in [0.1, 0.15) is 145 Å². The van der Waals surface area contributed by atoms with E-state index in [1.54, 1.807) is 6.92 Å². The molecule has 0 spiro atoms. The van der Waals surface area contributed by atoms with Gasteiger partial charge in [-0.05, 0) is 162 Å². The van der Waals surface area contributed by atoms with Gasteiger partial charge < -0.3 is 69.2 Å². The first-order valence-electron chi connectivity index (χ1n) is 31.8. The maximum atomic E-state index is 11.6. The number of ether oxygens (including phenoxy) is 2. The van der Waals surface area contributed by atoms with E-state index in [0.717, 1.165) is 116 Å². The summed E-state index contributed by atoms with van der Waals surface area (Å²) < 4.78 is 10.3. The lowest BCUT2D eigenvalue weighted by Crippen LogP contribution is -2.34. The predicted molar refractivity (Wildman–Crippen MR) is 362 cm³/mol. The number of nitrogens with two attached hydrogens (primary N) is 4. The molecule has 496 valence electrons. The highest BCUT2D eigenvalue weighted by atomic mass is 16.6. The molecular formula is C71H93N13O9. The van der Waals surface area contributed by atoms with E-state index in [4.69, 9.17) is 42.6 Å². The molecule has 11 rings (SSSR count). The van der Waals surface area contributed by atoms with Crippen molar-refractivity contribution in [3.8, 4) is 0 Å². The SMILES string of the molecule is C[C@@H]1CC[C@H](C(=O)O)C1.C[C@@H]1CC[C@H](NC(=O)OCc2ccccc2)C1.Cc1cccc(Nc2nc(C)ncc2C(N)=O)c1.Cc1cccc(Nc2nc(N[C@@H]3CC[C@H](N)C3)ncc2C(N)=O)c1.N[C@@H]1CC[C@H](NC(=O)OCc2ccccc2)C1.OCc1ccccc1. The van der Waals surface area contributed by atoms with Crippen molar-refractivity contribution in [2.75, 3.05) is 16.0 Å². The Morgan fingerprint density at radius 2 is 0.957 bits per heavy atom. The lowest BCUT2D eigenvalue weighted by Gasteiger charge is -2.15. The van der Waals surface area contributed by atoms with Gasteiger partial charge in [0.25, 0.3) is 11.8 Å². The molecule has 22 nitrogen and oxygen atoms in total. The number of hydrogen-bond donors (Lipinski definition) is 11. The lowest BCUT2D eigenvalue weighted by atomic mass is 10.1. The van der Waals surface area contributed by atoms with Gasteiger partial charge in [0.1, 0.15) is 41.8 Å². The molecule has 15 N–H and O–H groups in total. The number of carbonyl (C=O) groups excluding carboxylic acids is 4. The van der Waals surface area contributed by atoms with E-state index < -0.39 is 17.8 Å². The highest BCUT2D eigenvalue weighted by Gasteiger charge is 2.28. The molecule has 4 saturated carbocycles. The van der Waals surface area contributed by atoms with E-state index in [9.17, 15) is 24.0 Å². The molecule has 0 bridgehead atoms. The molecule has 2 heterocycles. The van der Waals surface area contributed by atoms with Crippen LogP contribution >= 0.6 is 0 Å². The zero-order valence-electron chi connectivity index (χ0n) is 54.0. The van der Waals surface area contributed by atoms with Gasteiger partial charge in [0.05, 0.1) is 12.5 Å². The third kappa shape index (κ3) is 27.1. The Labute approximate surface area is 545 Å². The Bertz CT molecular complexity index is 3370. The predicted octanol–water partition coefficient (Wildman–Crippen LogP) is 11.4. The number of aliphatic carboxylic acids is 1. The summed E-state index contributed by atoms with van der Waals surface area (Å²) in [4.78, 5) is 73.1. The van der Waals surface area contributed by atoms with Gasteiger partial charge in [-0.25, -0.2) is 24.5 Å². The standard InChI is InChI=1S/C17H22N6O.C14H19NO2.C13H14N4O.C13H18N2O2.C7H12O2.C7H8O/c1-10-3-2-4-12(7-10)21-16-14(15(19)24)9-20-17(23-16)22-13-6-5-11(18)8-13;1-11-7-8-13(9-11)15-14(16)17-10-12-5-3-2-4-6-12;1-8-4-3-5-10(6-8)17-13-11(12(14)18)7-15-9(2)16-13;14-11-6-7-12(8-11)15-13(16)17-9-10-4-2-1-3-5-10;1-5-2-3-6(4-5)7(8)9;8-6-7-4-2-1-3-5-7/h2-4,7,9,11,13H,5-6,8,18H2,1H3,(H2,19,24)(H2,20,21,22,23);2-6,11,13H,7-10H2,1H3,(H,15,16);3-7H,1-2H3,(H2,14,18)(H,15,16,17);1-5,11-12H,6-9,14H2,(H,15,16);5-6H,2-4H2,1H3,(H,8,9);1-5,8H,6H2/t2*11-,13+;;11-,12+;5-,6+;/m01.11./s1. The van der Waals surface area contributed by atoms with Gasteiger partial charge in [0, 0.05) is 54.0 Å². The monoisotopic (exact) mass is 1270 g/mol. The number of aromatic nitrogens is 4. The second kappa shape index (κ2) is 38.4. The summed E-state index contributed by atoms with van der Waals surface area (Å²) >= 11 is 0. The van der Waals surface area contributed by atoms with Gasteiger partial charge in [-0.3, -0.25) is 14.4 Å². The number of amides is 4. The van der Waals surface area contributed by atoms with Crippen LogP contribution in [0, 0.1) is 38.5 Å². The van der Waals surface area contributed by atoms with Crippen molar-refractivity contribution < 1.29 is 43.7 Å². The van der Waals surface area contributed by atoms with Crippen LogP contribution < -0.4 is 49.5 Å². The average molecular weight is 1270 g/mol. The summed E-state index contributed by atoms with van der Waals surface area (Å²) in [6.45, 7) is 10.9. The van der Waals surface area contributed by atoms with Crippen molar-refractivity contribution in [2.24, 2.45) is 40.7 Å². The Morgan fingerprint density at radius 3 is 1.35 bits per heavy atom. The number of rotatable bonds is 16. The number of anilines is 5. The number of benzene rings is 5. The Kier molecular flexibility index (Phi) is 29.9. The smallest absolute Gasteiger partial charge is 0.407 e. The molecule has 0 unspecified atom stereocenters. The normalized spacial score (nSPS) is 19.8. The third-order valence-electron chi connectivity index (χ3n) is 15.9. The van der Waals surface area contributed by atoms with Crippen molar-refractivity contribution >= 4 is 58.9 Å². The second-order valence-electron chi connectivity index (χ2n) is 24.2. The van der Waals surface area contributed by atoms with E-state index in [1.165, 1.54) is 18.8 Å². The molecule has 7 aromatic rings. The molecule has 8 atom stereocenters. The first-order chi connectivity index (χ1) is 44.7. The number of primary amides is 2. The molecule has 22 heteroatoms.